The van der Waals surface area contributed by atoms with Gasteiger partial charge in [-0.3, -0.25) is 0 Å². The first-order valence-corrected chi connectivity index (χ1v) is 8.75. The fourth-order valence-electron chi connectivity index (χ4n) is 6.92. The van der Waals surface area contributed by atoms with Crippen LogP contribution < -0.4 is 0 Å². The van der Waals surface area contributed by atoms with E-state index >= 15 is 0 Å². The van der Waals surface area contributed by atoms with Crippen molar-refractivity contribution in [2.45, 2.75) is 65.2 Å². The molecule has 0 aromatic rings. The minimum Gasteiger partial charge on any atom is -0.0625 e. The summed E-state index contributed by atoms with van der Waals surface area (Å²) < 4.78 is 0. The van der Waals surface area contributed by atoms with Crippen molar-refractivity contribution in [3.8, 4) is 0 Å². The first-order chi connectivity index (χ1) is 8.75. The predicted octanol–water partition coefficient (Wildman–Crippen LogP) is 5.13. The average molecular weight is 246 g/mol. The molecule has 18 heavy (non-hydrogen) atoms. The molecule has 8 atom stereocenters. The van der Waals surface area contributed by atoms with Crippen molar-refractivity contribution in [3.05, 3.63) is 0 Å². The van der Waals surface area contributed by atoms with Crippen LogP contribution in [-0.2, 0) is 0 Å². The van der Waals surface area contributed by atoms with Gasteiger partial charge in [0.2, 0.25) is 0 Å². The Labute approximate surface area is 113 Å². The molecule has 4 aliphatic rings. The van der Waals surface area contributed by atoms with Gasteiger partial charge < -0.3 is 0 Å². The van der Waals surface area contributed by atoms with E-state index in [-0.39, 0.29) is 0 Å². The Morgan fingerprint density at radius 1 is 0.611 bits per heavy atom. The molecule has 4 saturated carbocycles. The Hall–Kier alpha value is 0. The molecule has 0 amide bonds. The van der Waals surface area contributed by atoms with Gasteiger partial charge in [0.25, 0.3) is 0 Å². The summed E-state index contributed by atoms with van der Waals surface area (Å²) in [7, 11) is 0. The van der Waals surface area contributed by atoms with Crippen LogP contribution in [0.1, 0.15) is 65.2 Å². The zero-order valence-corrected chi connectivity index (χ0v) is 12.3. The van der Waals surface area contributed by atoms with Crippen LogP contribution >= 0.6 is 0 Å². The lowest BCUT2D eigenvalue weighted by molar-refractivity contribution is 0.0408. The largest absolute Gasteiger partial charge is 0.0625 e. The van der Waals surface area contributed by atoms with Gasteiger partial charge in [0.1, 0.15) is 0 Å². The molecular formula is C18H30. The SMILES string of the molecule is CC1CCC2C(C1)C1CCCC3C(C)CCC2C31. The average Bonchev–Trinajstić information content (AvgIpc) is 2.69. The normalized spacial score (nSPS) is 59.0. The van der Waals surface area contributed by atoms with Gasteiger partial charge in [-0.25, -0.2) is 0 Å². The molecule has 0 bridgehead atoms. The second-order valence-corrected chi connectivity index (χ2v) is 8.30. The summed E-state index contributed by atoms with van der Waals surface area (Å²) in [6.45, 7) is 5.08. The summed E-state index contributed by atoms with van der Waals surface area (Å²) in [6.07, 6.45) is 12.6. The van der Waals surface area contributed by atoms with Crippen molar-refractivity contribution in [1.29, 1.82) is 0 Å². The lowest BCUT2D eigenvalue weighted by Gasteiger charge is -2.45. The van der Waals surface area contributed by atoms with Crippen molar-refractivity contribution in [2.75, 3.05) is 0 Å². The lowest BCUT2D eigenvalue weighted by atomic mass is 9.60. The standard InChI is InChI=1S/C18H30/c1-11-6-8-14-16-9-7-12(2)13-4-3-5-15(18(13)16)17(14)10-11/h11-18H,3-10H2,1-2H3. The van der Waals surface area contributed by atoms with Gasteiger partial charge in [0, 0.05) is 0 Å². The molecule has 0 aliphatic heterocycles. The van der Waals surface area contributed by atoms with Gasteiger partial charge in [0.05, 0.1) is 0 Å². The van der Waals surface area contributed by atoms with Crippen LogP contribution in [-0.4, -0.2) is 0 Å². The van der Waals surface area contributed by atoms with Crippen molar-refractivity contribution in [2.24, 2.45) is 47.3 Å². The summed E-state index contributed by atoms with van der Waals surface area (Å²) >= 11 is 0. The Bertz CT molecular complexity index is 318. The van der Waals surface area contributed by atoms with E-state index < -0.39 is 0 Å². The van der Waals surface area contributed by atoms with Crippen LogP contribution in [0.25, 0.3) is 0 Å². The molecule has 4 rings (SSSR count). The fourth-order valence-corrected chi connectivity index (χ4v) is 6.92. The Balaban J connectivity index is 1.66. The minimum absolute atomic E-state index is 1.03. The van der Waals surface area contributed by atoms with E-state index in [0.29, 0.717) is 0 Å². The molecule has 8 unspecified atom stereocenters. The molecule has 0 nitrogen and oxygen atoms in total. The highest BCUT2D eigenvalue weighted by atomic mass is 14.6. The summed E-state index contributed by atoms with van der Waals surface area (Å²) in [4.78, 5) is 0. The molecule has 0 radical (unpaired) electrons. The third-order valence-electron chi connectivity index (χ3n) is 7.56. The summed E-state index contributed by atoms with van der Waals surface area (Å²) in [5.41, 5.74) is 0. The van der Waals surface area contributed by atoms with Crippen molar-refractivity contribution in [3.63, 3.8) is 0 Å². The molecule has 0 N–H and O–H groups in total. The maximum Gasteiger partial charge on any atom is -0.0321 e. The molecule has 102 valence electrons. The van der Waals surface area contributed by atoms with E-state index in [1.54, 1.807) is 44.9 Å². The number of rotatable bonds is 0. The highest BCUT2D eigenvalue weighted by Crippen LogP contribution is 2.64. The smallest absolute Gasteiger partial charge is 0.0321 e. The van der Waals surface area contributed by atoms with Crippen LogP contribution in [0.5, 0.6) is 0 Å². The topological polar surface area (TPSA) is 0 Å². The second-order valence-electron chi connectivity index (χ2n) is 8.30. The zero-order chi connectivity index (χ0) is 12.3. The summed E-state index contributed by atoms with van der Waals surface area (Å²) in [6, 6.07) is 0. The quantitative estimate of drug-likeness (QED) is 0.556. The lowest BCUT2D eigenvalue weighted by Crippen LogP contribution is -2.37. The zero-order valence-electron chi connectivity index (χ0n) is 12.3. The van der Waals surface area contributed by atoms with E-state index in [9.17, 15) is 0 Å². The Morgan fingerprint density at radius 2 is 1.33 bits per heavy atom. The van der Waals surface area contributed by atoms with E-state index in [0.717, 1.165) is 41.4 Å². The van der Waals surface area contributed by atoms with Crippen molar-refractivity contribution < 1.29 is 0 Å². The van der Waals surface area contributed by atoms with E-state index in [2.05, 4.69) is 13.8 Å². The van der Waals surface area contributed by atoms with Gasteiger partial charge in [-0.1, -0.05) is 33.1 Å². The van der Waals surface area contributed by atoms with Gasteiger partial charge in [-0.05, 0) is 79.4 Å². The molecule has 4 fully saturated rings. The van der Waals surface area contributed by atoms with Gasteiger partial charge in [0.15, 0.2) is 0 Å². The third-order valence-corrected chi connectivity index (χ3v) is 7.56. The van der Waals surface area contributed by atoms with Gasteiger partial charge >= 0.3 is 0 Å². The monoisotopic (exact) mass is 246 g/mol. The fraction of sp³-hybridized carbons (Fsp3) is 1.00. The van der Waals surface area contributed by atoms with Crippen LogP contribution in [0, 0.1) is 47.3 Å². The number of fused-ring (bicyclic) bond motifs is 3. The molecule has 0 heteroatoms. The first-order valence-electron chi connectivity index (χ1n) is 8.75. The maximum atomic E-state index is 2.56. The summed E-state index contributed by atoms with van der Waals surface area (Å²) in [5.74, 6) is 9.00. The van der Waals surface area contributed by atoms with Gasteiger partial charge in [-0.2, -0.15) is 0 Å². The van der Waals surface area contributed by atoms with E-state index in [1.807, 2.05) is 0 Å². The predicted molar refractivity (Wildman–Crippen MR) is 76.2 cm³/mol. The van der Waals surface area contributed by atoms with E-state index in [4.69, 9.17) is 0 Å². The Kier molecular flexibility index (Phi) is 2.79. The summed E-state index contributed by atoms with van der Waals surface area (Å²) in [5, 5.41) is 0. The first kappa shape index (κ1) is 11.8. The van der Waals surface area contributed by atoms with Crippen molar-refractivity contribution >= 4 is 0 Å². The number of hydrogen-bond donors (Lipinski definition) is 0. The molecule has 0 saturated heterocycles. The van der Waals surface area contributed by atoms with E-state index in [1.165, 1.54) is 12.3 Å². The second kappa shape index (κ2) is 4.25. The molecule has 0 heterocycles. The molecule has 4 aliphatic carbocycles. The third kappa shape index (κ3) is 1.56. The van der Waals surface area contributed by atoms with Crippen LogP contribution in [0.3, 0.4) is 0 Å². The maximum absolute atomic E-state index is 2.56. The Morgan fingerprint density at radius 3 is 2.22 bits per heavy atom. The highest BCUT2D eigenvalue weighted by Gasteiger charge is 2.56. The molecule has 0 spiro atoms. The molecule has 0 aromatic carbocycles. The van der Waals surface area contributed by atoms with Crippen LogP contribution in [0.2, 0.25) is 0 Å². The minimum atomic E-state index is 1.03. The van der Waals surface area contributed by atoms with Gasteiger partial charge in [-0.15, -0.1) is 0 Å². The molecular weight excluding hydrogens is 216 g/mol. The highest BCUT2D eigenvalue weighted by molar-refractivity contribution is 5.05. The number of hydrogen-bond acceptors (Lipinski definition) is 0. The van der Waals surface area contributed by atoms with Crippen LogP contribution in [0.15, 0.2) is 0 Å². The molecule has 0 aromatic heterocycles. The van der Waals surface area contributed by atoms with Crippen molar-refractivity contribution in [1.82, 2.24) is 0 Å². The van der Waals surface area contributed by atoms with Crippen LogP contribution in [0.4, 0.5) is 0 Å².